The van der Waals surface area contributed by atoms with Crippen LogP contribution in [0.15, 0.2) is 42.5 Å². The lowest BCUT2D eigenvalue weighted by atomic mass is 9.84. The molecule has 0 unspecified atom stereocenters. The number of carbonyl (C=O) groups is 1. The fraction of sp³-hybridized carbons (Fsp3) is 0.421. The zero-order valence-electron chi connectivity index (χ0n) is 12.8. The van der Waals surface area contributed by atoms with Gasteiger partial charge in [-0.1, -0.05) is 42.5 Å². The number of fused-ring (bicyclic) bond motifs is 4. The van der Waals surface area contributed by atoms with E-state index in [1.807, 2.05) is 12.1 Å². The maximum atomic E-state index is 12.4. The summed E-state index contributed by atoms with van der Waals surface area (Å²) in [6.07, 6.45) is 2.95. The molecule has 3 heteroatoms. The molecule has 0 aliphatic carbocycles. The van der Waals surface area contributed by atoms with E-state index in [0.717, 1.165) is 12.1 Å². The van der Waals surface area contributed by atoms with Crippen molar-refractivity contribution in [2.75, 3.05) is 19.6 Å². The Labute approximate surface area is 131 Å². The second-order valence-electron chi connectivity index (χ2n) is 6.67. The summed E-state index contributed by atoms with van der Waals surface area (Å²) in [7, 11) is 0. The summed E-state index contributed by atoms with van der Waals surface area (Å²) < 4.78 is 0. The summed E-state index contributed by atoms with van der Waals surface area (Å²) in [5.41, 5.74) is 1.09. The highest BCUT2D eigenvalue weighted by Crippen LogP contribution is 2.27. The van der Waals surface area contributed by atoms with Gasteiger partial charge in [-0.05, 0) is 48.2 Å². The number of piperidine rings is 3. The van der Waals surface area contributed by atoms with Crippen molar-refractivity contribution in [3.8, 4) is 0 Å². The fourth-order valence-electron chi connectivity index (χ4n) is 3.92. The van der Waals surface area contributed by atoms with Crippen LogP contribution in [0.1, 0.15) is 18.4 Å². The highest BCUT2D eigenvalue weighted by molar-refractivity contribution is 5.85. The smallest absolute Gasteiger partial charge is 0.224 e. The van der Waals surface area contributed by atoms with Crippen molar-refractivity contribution in [2.24, 2.45) is 5.92 Å². The van der Waals surface area contributed by atoms with Crippen molar-refractivity contribution in [3.63, 3.8) is 0 Å². The molecule has 3 nitrogen and oxygen atoms in total. The molecule has 1 amide bonds. The average Bonchev–Trinajstić information content (AvgIpc) is 2.56. The summed E-state index contributed by atoms with van der Waals surface area (Å²) in [5.74, 6) is 0.847. The molecule has 2 bridgehead atoms. The van der Waals surface area contributed by atoms with Crippen LogP contribution in [0.2, 0.25) is 0 Å². The maximum absolute atomic E-state index is 12.4. The number of rotatable bonds is 3. The van der Waals surface area contributed by atoms with E-state index in [0.29, 0.717) is 18.4 Å². The minimum absolute atomic E-state index is 0.161. The number of benzene rings is 2. The van der Waals surface area contributed by atoms with Crippen LogP contribution in [0.5, 0.6) is 0 Å². The molecule has 5 rings (SSSR count). The topological polar surface area (TPSA) is 32.3 Å². The van der Waals surface area contributed by atoms with Crippen LogP contribution in [0, 0.1) is 5.92 Å². The van der Waals surface area contributed by atoms with Crippen molar-refractivity contribution in [3.05, 3.63) is 48.0 Å². The molecule has 0 radical (unpaired) electrons. The monoisotopic (exact) mass is 294 g/mol. The average molecular weight is 294 g/mol. The molecule has 3 aliphatic heterocycles. The summed E-state index contributed by atoms with van der Waals surface area (Å²) >= 11 is 0. The molecule has 3 fully saturated rings. The standard InChI is InChI=1S/C19H22N2O/c22-19(20-18-13-21-9-7-16(18)8-10-21)12-14-5-6-15-3-1-2-4-17(15)11-14/h1-6,11,16,18H,7-10,12-13H2,(H,20,22)/t18-/m1/s1. The Kier molecular flexibility index (Phi) is 3.59. The molecule has 1 N–H and O–H groups in total. The molecular formula is C19H22N2O. The first kappa shape index (κ1) is 13.8. The molecule has 1 atom stereocenters. The van der Waals surface area contributed by atoms with E-state index in [1.54, 1.807) is 0 Å². The third-order valence-corrected chi connectivity index (χ3v) is 5.18. The lowest BCUT2D eigenvalue weighted by Gasteiger charge is -2.44. The van der Waals surface area contributed by atoms with Gasteiger partial charge in [-0.25, -0.2) is 0 Å². The SMILES string of the molecule is O=C(Cc1ccc2ccccc2c1)N[C@@H]1CN2CCC1CC2. The minimum Gasteiger partial charge on any atom is -0.352 e. The zero-order chi connectivity index (χ0) is 14.9. The van der Waals surface area contributed by atoms with E-state index in [-0.39, 0.29) is 5.91 Å². The van der Waals surface area contributed by atoms with Gasteiger partial charge in [0.05, 0.1) is 6.42 Å². The molecule has 114 valence electrons. The fourth-order valence-corrected chi connectivity index (χ4v) is 3.92. The van der Waals surface area contributed by atoms with Crippen LogP contribution >= 0.6 is 0 Å². The van der Waals surface area contributed by atoms with Gasteiger partial charge >= 0.3 is 0 Å². The summed E-state index contributed by atoms with van der Waals surface area (Å²) in [6, 6.07) is 14.9. The van der Waals surface area contributed by atoms with E-state index in [1.165, 1.54) is 36.7 Å². The van der Waals surface area contributed by atoms with Crippen molar-refractivity contribution >= 4 is 16.7 Å². The van der Waals surface area contributed by atoms with E-state index in [9.17, 15) is 4.79 Å². The summed E-state index contributed by atoms with van der Waals surface area (Å²) in [4.78, 5) is 14.8. The zero-order valence-corrected chi connectivity index (χ0v) is 12.8. The number of carbonyl (C=O) groups excluding carboxylic acids is 1. The predicted molar refractivity (Wildman–Crippen MR) is 88.7 cm³/mol. The van der Waals surface area contributed by atoms with Crippen LogP contribution in [0.25, 0.3) is 10.8 Å². The number of hydrogen-bond acceptors (Lipinski definition) is 2. The molecule has 3 heterocycles. The van der Waals surface area contributed by atoms with Gasteiger partial charge in [0.2, 0.25) is 5.91 Å². The molecule has 0 saturated carbocycles. The molecule has 0 aromatic heterocycles. The molecular weight excluding hydrogens is 272 g/mol. The number of nitrogens with one attached hydrogen (secondary N) is 1. The number of amides is 1. The Morgan fingerprint density at radius 3 is 2.59 bits per heavy atom. The van der Waals surface area contributed by atoms with Gasteiger partial charge in [0.1, 0.15) is 0 Å². The predicted octanol–water partition coefficient (Wildman–Crippen LogP) is 2.59. The van der Waals surface area contributed by atoms with Crippen LogP contribution < -0.4 is 5.32 Å². The number of nitrogens with zero attached hydrogens (tertiary/aromatic N) is 1. The first-order valence-corrected chi connectivity index (χ1v) is 8.27. The molecule has 2 aromatic rings. The quantitative estimate of drug-likeness (QED) is 0.943. The van der Waals surface area contributed by atoms with Crippen LogP contribution in [-0.4, -0.2) is 36.5 Å². The van der Waals surface area contributed by atoms with Gasteiger partial charge < -0.3 is 10.2 Å². The number of hydrogen-bond donors (Lipinski definition) is 1. The Morgan fingerprint density at radius 1 is 1.09 bits per heavy atom. The van der Waals surface area contributed by atoms with Crippen molar-refractivity contribution in [1.29, 1.82) is 0 Å². The normalized spacial score (nSPS) is 27.0. The van der Waals surface area contributed by atoms with Crippen LogP contribution in [0.3, 0.4) is 0 Å². The van der Waals surface area contributed by atoms with Gasteiger partial charge in [0, 0.05) is 12.6 Å². The molecule has 22 heavy (non-hydrogen) atoms. The summed E-state index contributed by atoms with van der Waals surface area (Å²) in [6.45, 7) is 3.46. The largest absolute Gasteiger partial charge is 0.352 e. The Bertz CT molecular complexity index is 689. The highest BCUT2D eigenvalue weighted by atomic mass is 16.1. The van der Waals surface area contributed by atoms with E-state index >= 15 is 0 Å². The lowest BCUT2D eigenvalue weighted by molar-refractivity contribution is -0.122. The van der Waals surface area contributed by atoms with Crippen LogP contribution in [-0.2, 0) is 11.2 Å². The van der Waals surface area contributed by atoms with Gasteiger partial charge in [-0.15, -0.1) is 0 Å². The van der Waals surface area contributed by atoms with Crippen molar-refractivity contribution in [1.82, 2.24) is 10.2 Å². The van der Waals surface area contributed by atoms with E-state index in [4.69, 9.17) is 0 Å². The maximum Gasteiger partial charge on any atom is 0.224 e. The van der Waals surface area contributed by atoms with Crippen molar-refractivity contribution in [2.45, 2.75) is 25.3 Å². The van der Waals surface area contributed by atoms with Gasteiger partial charge in [0.25, 0.3) is 0 Å². The lowest BCUT2D eigenvalue weighted by Crippen LogP contribution is -2.57. The minimum atomic E-state index is 0.161. The molecule has 2 aromatic carbocycles. The Hall–Kier alpha value is -1.87. The van der Waals surface area contributed by atoms with Crippen LogP contribution in [0.4, 0.5) is 0 Å². The molecule has 0 spiro atoms. The second-order valence-corrected chi connectivity index (χ2v) is 6.67. The van der Waals surface area contributed by atoms with E-state index < -0.39 is 0 Å². The first-order chi connectivity index (χ1) is 10.8. The highest BCUT2D eigenvalue weighted by Gasteiger charge is 2.34. The Balaban J connectivity index is 1.42. The molecule has 3 saturated heterocycles. The van der Waals surface area contributed by atoms with Gasteiger partial charge in [-0.3, -0.25) is 4.79 Å². The van der Waals surface area contributed by atoms with Gasteiger partial charge in [-0.2, -0.15) is 0 Å². The van der Waals surface area contributed by atoms with Crippen molar-refractivity contribution < 1.29 is 4.79 Å². The molecule has 3 aliphatic rings. The van der Waals surface area contributed by atoms with E-state index in [2.05, 4.69) is 40.5 Å². The third-order valence-electron chi connectivity index (χ3n) is 5.18. The van der Waals surface area contributed by atoms with Gasteiger partial charge in [0.15, 0.2) is 0 Å². The Morgan fingerprint density at radius 2 is 1.86 bits per heavy atom. The summed E-state index contributed by atoms with van der Waals surface area (Å²) in [5, 5.41) is 5.70. The first-order valence-electron chi connectivity index (χ1n) is 8.27. The third kappa shape index (κ3) is 2.73. The second kappa shape index (κ2) is 5.73.